The van der Waals surface area contributed by atoms with Gasteiger partial charge in [-0.3, -0.25) is 9.20 Å². The Kier molecular flexibility index (Phi) is 5.49. The number of aromatic nitrogens is 2. The molecule has 1 saturated heterocycles. The molecule has 3 heterocycles. The molecule has 0 saturated carbocycles. The smallest absolute Gasteiger partial charge is 0.410 e. The molecule has 0 bridgehead atoms. The number of rotatable bonds is 3. The highest BCUT2D eigenvalue weighted by molar-refractivity contribution is 5.78. The maximum Gasteiger partial charge on any atom is 0.410 e. The number of piperazine rings is 1. The largest absolute Gasteiger partial charge is 0.444 e. The van der Waals surface area contributed by atoms with Crippen molar-refractivity contribution in [3.8, 4) is 0 Å². The summed E-state index contributed by atoms with van der Waals surface area (Å²) in [7, 11) is 3.49. The fourth-order valence-corrected chi connectivity index (χ4v) is 3.15. The van der Waals surface area contributed by atoms with Crippen molar-refractivity contribution in [2.75, 3.05) is 45.2 Å². The summed E-state index contributed by atoms with van der Waals surface area (Å²) in [6.45, 7) is 8.25. The summed E-state index contributed by atoms with van der Waals surface area (Å²) in [4.78, 5) is 34.4. The fraction of sp³-hybridized carbons (Fsp3) is 0.550. The molecule has 0 N–H and O–H groups in total. The molecule has 2 aromatic rings. The minimum atomic E-state index is -0.489. The summed E-state index contributed by atoms with van der Waals surface area (Å²) in [5.41, 5.74) is 1.07. The number of pyridine rings is 1. The van der Waals surface area contributed by atoms with Crippen LogP contribution in [0.1, 0.15) is 26.5 Å². The zero-order valence-corrected chi connectivity index (χ0v) is 17.3. The first-order chi connectivity index (χ1) is 13.1. The van der Waals surface area contributed by atoms with Crippen LogP contribution in [0.3, 0.4) is 0 Å². The first kappa shape index (κ1) is 20.0. The quantitative estimate of drug-likeness (QED) is 0.806. The van der Waals surface area contributed by atoms with Gasteiger partial charge in [-0.05, 0) is 32.9 Å². The standard InChI is InChI=1S/C20H29N5O3/c1-20(2,3)28-19(27)24-11-9-23(10-12-24)17-8-6-7-16-21-15(14-25(16)17)13-18(26)22(4)5/h6-8,14H,9-13H2,1-5H3. The van der Waals surface area contributed by atoms with Crippen LogP contribution in [-0.4, -0.2) is 77.1 Å². The number of anilines is 1. The van der Waals surface area contributed by atoms with E-state index in [1.165, 1.54) is 0 Å². The minimum Gasteiger partial charge on any atom is -0.444 e. The molecule has 1 aliphatic rings. The Balaban J connectivity index is 1.72. The Morgan fingerprint density at radius 1 is 1.14 bits per heavy atom. The molecular formula is C20H29N5O3. The van der Waals surface area contributed by atoms with E-state index in [9.17, 15) is 9.59 Å². The van der Waals surface area contributed by atoms with Gasteiger partial charge in [-0.2, -0.15) is 0 Å². The number of amides is 2. The predicted molar refractivity (Wildman–Crippen MR) is 108 cm³/mol. The van der Waals surface area contributed by atoms with Gasteiger partial charge in [-0.25, -0.2) is 9.78 Å². The topological polar surface area (TPSA) is 70.4 Å². The second-order valence-corrected chi connectivity index (χ2v) is 8.26. The van der Waals surface area contributed by atoms with Crippen LogP contribution >= 0.6 is 0 Å². The molecule has 3 rings (SSSR count). The summed E-state index contributed by atoms with van der Waals surface area (Å²) in [5.74, 6) is 1.04. The Hall–Kier alpha value is -2.77. The van der Waals surface area contributed by atoms with E-state index in [2.05, 4.69) is 9.88 Å². The van der Waals surface area contributed by atoms with Gasteiger partial charge in [0.25, 0.3) is 0 Å². The summed E-state index contributed by atoms with van der Waals surface area (Å²) >= 11 is 0. The maximum atomic E-state index is 12.3. The van der Waals surface area contributed by atoms with Crippen molar-refractivity contribution in [3.05, 3.63) is 30.1 Å². The first-order valence-electron chi connectivity index (χ1n) is 9.54. The number of carbonyl (C=O) groups excluding carboxylic acids is 2. The van der Waals surface area contributed by atoms with E-state index in [4.69, 9.17) is 4.74 Å². The lowest BCUT2D eigenvalue weighted by atomic mass is 10.2. The van der Waals surface area contributed by atoms with Gasteiger partial charge in [0, 0.05) is 46.5 Å². The molecule has 152 valence electrons. The lowest BCUT2D eigenvalue weighted by Gasteiger charge is -2.36. The summed E-state index contributed by atoms with van der Waals surface area (Å²) in [6, 6.07) is 5.94. The van der Waals surface area contributed by atoms with Gasteiger partial charge in [-0.1, -0.05) is 6.07 Å². The van der Waals surface area contributed by atoms with Crippen LogP contribution in [0.15, 0.2) is 24.4 Å². The van der Waals surface area contributed by atoms with Gasteiger partial charge in [0.15, 0.2) is 0 Å². The van der Waals surface area contributed by atoms with Crippen molar-refractivity contribution in [2.45, 2.75) is 32.8 Å². The number of nitrogens with zero attached hydrogens (tertiary/aromatic N) is 5. The van der Waals surface area contributed by atoms with E-state index in [1.807, 2.05) is 49.6 Å². The lowest BCUT2D eigenvalue weighted by molar-refractivity contribution is -0.128. The number of ether oxygens (including phenoxy) is 1. The van der Waals surface area contributed by atoms with Gasteiger partial charge < -0.3 is 19.4 Å². The third kappa shape index (κ3) is 4.55. The van der Waals surface area contributed by atoms with Crippen LogP contribution < -0.4 is 4.90 Å². The summed E-state index contributed by atoms with van der Waals surface area (Å²) < 4.78 is 7.48. The molecule has 0 unspecified atom stereocenters. The molecule has 0 aliphatic carbocycles. The highest BCUT2D eigenvalue weighted by Gasteiger charge is 2.26. The van der Waals surface area contributed by atoms with E-state index >= 15 is 0 Å². The molecule has 0 aromatic carbocycles. The van der Waals surface area contributed by atoms with Crippen molar-refractivity contribution in [2.24, 2.45) is 0 Å². The second-order valence-electron chi connectivity index (χ2n) is 8.26. The van der Waals surface area contributed by atoms with Gasteiger partial charge in [0.1, 0.15) is 17.1 Å². The fourth-order valence-electron chi connectivity index (χ4n) is 3.15. The van der Waals surface area contributed by atoms with Gasteiger partial charge in [0.05, 0.1) is 12.1 Å². The summed E-state index contributed by atoms with van der Waals surface area (Å²) in [6.07, 6.45) is 1.94. The lowest BCUT2D eigenvalue weighted by Crippen LogP contribution is -2.50. The van der Waals surface area contributed by atoms with Crippen molar-refractivity contribution < 1.29 is 14.3 Å². The van der Waals surface area contributed by atoms with E-state index < -0.39 is 5.60 Å². The molecule has 0 radical (unpaired) electrons. The molecule has 2 amide bonds. The van der Waals surface area contributed by atoms with Crippen LogP contribution in [0.2, 0.25) is 0 Å². The van der Waals surface area contributed by atoms with Gasteiger partial charge >= 0.3 is 6.09 Å². The number of hydrogen-bond acceptors (Lipinski definition) is 5. The van der Waals surface area contributed by atoms with Crippen LogP contribution in [0.5, 0.6) is 0 Å². The zero-order chi connectivity index (χ0) is 20.5. The second kappa shape index (κ2) is 7.69. The first-order valence-corrected chi connectivity index (χ1v) is 9.54. The van der Waals surface area contributed by atoms with Crippen LogP contribution in [0.4, 0.5) is 10.6 Å². The zero-order valence-electron chi connectivity index (χ0n) is 17.3. The highest BCUT2D eigenvalue weighted by Crippen LogP contribution is 2.21. The SMILES string of the molecule is CN(C)C(=O)Cc1cn2c(N3CCN(C(=O)OC(C)(C)C)CC3)cccc2n1. The number of fused-ring (bicyclic) bond motifs is 1. The number of imidazole rings is 1. The number of likely N-dealkylation sites (N-methyl/N-ethyl adjacent to an activating group) is 1. The molecule has 2 aromatic heterocycles. The molecule has 0 spiro atoms. The maximum absolute atomic E-state index is 12.3. The highest BCUT2D eigenvalue weighted by atomic mass is 16.6. The van der Waals surface area contributed by atoms with Crippen molar-refractivity contribution >= 4 is 23.5 Å². The van der Waals surface area contributed by atoms with Crippen LogP contribution in [-0.2, 0) is 16.0 Å². The summed E-state index contributed by atoms with van der Waals surface area (Å²) in [5, 5.41) is 0. The van der Waals surface area contributed by atoms with E-state index in [0.717, 1.165) is 17.2 Å². The van der Waals surface area contributed by atoms with E-state index in [1.54, 1.807) is 23.9 Å². The Morgan fingerprint density at radius 2 is 1.82 bits per heavy atom. The molecule has 0 atom stereocenters. The predicted octanol–water partition coefficient (Wildman–Crippen LogP) is 2.02. The molecule has 8 nitrogen and oxygen atoms in total. The Morgan fingerprint density at radius 3 is 2.43 bits per heavy atom. The molecular weight excluding hydrogens is 358 g/mol. The average molecular weight is 387 g/mol. The van der Waals surface area contributed by atoms with Gasteiger partial charge in [0.2, 0.25) is 5.91 Å². The van der Waals surface area contributed by atoms with Crippen molar-refractivity contribution in [3.63, 3.8) is 0 Å². The number of hydrogen-bond donors (Lipinski definition) is 0. The van der Waals surface area contributed by atoms with E-state index in [0.29, 0.717) is 26.2 Å². The average Bonchev–Trinajstić information content (AvgIpc) is 3.02. The molecule has 1 fully saturated rings. The monoisotopic (exact) mass is 387 g/mol. The normalized spacial score (nSPS) is 15.0. The van der Waals surface area contributed by atoms with Crippen molar-refractivity contribution in [1.82, 2.24) is 19.2 Å². The Bertz CT molecular complexity index is 860. The van der Waals surface area contributed by atoms with Gasteiger partial charge in [-0.15, -0.1) is 0 Å². The van der Waals surface area contributed by atoms with Crippen LogP contribution in [0.25, 0.3) is 5.65 Å². The molecule has 8 heteroatoms. The Labute approximate surface area is 165 Å². The van der Waals surface area contributed by atoms with Crippen LogP contribution in [0, 0.1) is 0 Å². The van der Waals surface area contributed by atoms with E-state index in [-0.39, 0.29) is 18.4 Å². The van der Waals surface area contributed by atoms with Crippen molar-refractivity contribution in [1.29, 1.82) is 0 Å². The third-order valence-corrected chi connectivity index (χ3v) is 4.61. The molecule has 28 heavy (non-hydrogen) atoms. The minimum absolute atomic E-state index is 0.0240. The third-order valence-electron chi connectivity index (χ3n) is 4.61. The molecule has 1 aliphatic heterocycles. The number of carbonyl (C=O) groups is 2.